The fraction of sp³-hybridized carbons (Fsp3) is 0.529. The number of hydrogen-bond acceptors (Lipinski definition) is 2. The molecule has 1 aliphatic rings. The maximum Gasteiger partial charge on any atom is 0.319 e. The number of carbonyl (C=O) groups excluding carboxylic acids is 2. The molecule has 2 rings (SSSR count). The van der Waals surface area contributed by atoms with Gasteiger partial charge in [0, 0.05) is 24.7 Å². The topological polar surface area (TPSA) is 70.2 Å². The van der Waals surface area contributed by atoms with Crippen LogP contribution in [0.15, 0.2) is 30.3 Å². The Bertz CT molecular complexity index is 490. The lowest BCUT2D eigenvalue weighted by atomic mass is 9.86. The highest BCUT2D eigenvalue weighted by molar-refractivity contribution is 5.89. The molecule has 1 aromatic carbocycles. The summed E-state index contributed by atoms with van der Waals surface area (Å²) in [6, 6.07) is 9.24. The number of anilines is 1. The molecule has 1 aliphatic carbocycles. The van der Waals surface area contributed by atoms with Gasteiger partial charge in [0.1, 0.15) is 0 Å². The summed E-state index contributed by atoms with van der Waals surface area (Å²) in [5, 5.41) is 8.50. The molecule has 5 heteroatoms. The van der Waals surface area contributed by atoms with Gasteiger partial charge in [-0.2, -0.15) is 0 Å². The number of hydrogen-bond donors (Lipinski definition) is 3. The van der Waals surface area contributed by atoms with E-state index in [1.807, 2.05) is 30.3 Å². The van der Waals surface area contributed by atoms with Gasteiger partial charge < -0.3 is 16.0 Å². The number of benzene rings is 1. The molecule has 2 atom stereocenters. The molecule has 0 heterocycles. The van der Waals surface area contributed by atoms with E-state index < -0.39 is 0 Å². The van der Waals surface area contributed by atoms with Gasteiger partial charge in [-0.15, -0.1) is 0 Å². The van der Waals surface area contributed by atoms with Crippen molar-refractivity contribution >= 4 is 17.6 Å². The average Bonchev–Trinajstić information content (AvgIpc) is 2.50. The first-order chi connectivity index (χ1) is 10.6. The van der Waals surface area contributed by atoms with Gasteiger partial charge in [0.15, 0.2) is 0 Å². The molecule has 120 valence electrons. The Hall–Kier alpha value is -2.04. The van der Waals surface area contributed by atoms with Crippen LogP contribution in [0.3, 0.4) is 0 Å². The van der Waals surface area contributed by atoms with Gasteiger partial charge in [-0.25, -0.2) is 4.79 Å². The van der Waals surface area contributed by atoms with Gasteiger partial charge >= 0.3 is 6.03 Å². The Morgan fingerprint density at radius 1 is 1.14 bits per heavy atom. The van der Waals surface area contributed by atoms with E-state index in [0.717, 1.165) is 12.1 Å². The summed E-state index contributed by atoms with van der Waals surface area (Å²) >= 11 is 0. The second kappa shape index (κ2) is 8.41. The van der Waals surface area contributed by atoms with Crippen LogP contribution >= 0.6 is 0 Å². The summed E-state index contributed by atoms with van der Waals surface area (Å²) in [5.74, 6) is 0.561. The molecule has 22 heavy (non-hydrogen) atoms. The van der Waals surface area contributed by atoms with E-state index in [2.05, 4.69) is 22.9 Å². The van der Waals surface area contributed by atoms with Crippen LogP contribution in [-0.2, 0) is 4.79 Å². The molecule has 0 spiro atoms. The van der Waals surface area contributed by atoms with Crippen molar-refractivity contribution in [2.75, 3.05) is 11.9 Å². The standard InChI is InChI=1S/C17H25N3O2/c1-13-7-5-6-10-15(13)20-16(21)11-12-18-17(22)19-14-8-3-2-4-9-14/h2-4,8-9,13,15H,5-7,10-12H2,1H3,(H,20,21)(H2,18,19,22)/t13-,15+/m0/s1. The number of para-hydroxylation sites is 1. The number of urea groups is 1. The van der Waals surface area contributed by atoms with E-state index in [4.69, 9.17) is 0 Å². The smallest absolute Gasteiger partial charge is 0.319 e. The first kappa shape index (κ1) is 16.3. The van der Waals surface area contributed by atoms with Crippen molar-refractivity contribution < 1.29 is 9.59 Å². The van der Waals surface area contributed by atoms with E-state index in [0.29, 0.717) is 24.9 Å². The predicted octanol–water partition coefficient (Wildman–Crippen LogP) is 2.89. The molecule has 1 aromatic rings. The Labute approximate surface area is 131 Å². The van der Waals surface area contributed by atoms with Crippen molar-refractivity contribution in [2.45, 2.75) is 45.1 Å². The zero-order chi connectivity index (χ0) is 15.8. The zero-order valence-electron chi connectivity index (χ0n) is 13.1. The molecule has 3 amide bonds. The largest absolute Gasteiger partial charge is 0.353 e. The number of rotatable bonds is 5. The van der Waals surface area contributed by atoms with Gasteiger partial charge in [-0.1, -0.05) is 38.0 Å². The first-order valence-corrected chi connectivity index (χ1v) is 8.04. The molecule has 0 radical (unpaired) electrons. The average molecular weight is 303 g/mol. The van der Waals surface area contributed by atoms with E-state index in [1.165, 1.54) is 19.3 Å². The predicted molar refractivity (Wildman–Crippen MR) is 87.6 cm³/mol. The fourth-order valence-electron chi connectivity index (χ4n) is 2.80. The summed E-state index contributed by atoms with van der Waals surface area (Å²) in [6.45, 7) is 2.53. The normalized spacial score (nSPS) is 21.0. The monoisotopic (exact) mass is 303 g/mol. The molecule has 5 nitrogen and oxygen atoms in total. The van der Waals surface area contributed by atoms with E-state index in [1.54, 1.807) is 0 Å². The molecule has 3 N–H and O–H groups in total. The minimum absolute atomic E-state index is 0.0127. The van der Waals surface area contributed by atoms with E-state index in [9.17, 15) is 9.59 Å². The quantitative estimate of drug-likeness (QED) is 0.783. The Morgan fingerprint density at radius 2 is 1.86 bits per heavy atom. The third-order valence-corrected chi connectivity index (χ3v) is 4.13. The van der Waals surface area contributed by atoms with Crippen molar-refractivity contribution in [1.29, 1.82) is 0 Å². The maximum absolute atomic E-state index is 11.9. The Kier molecular flexibility index (Phi) is 6.25. The van der Waals surface area contributed by atoms with Crippen LogP contribution in [0, 0.1) is 5.92 Å². The van der Waals surface area contributed by atoms with Crippen LogP contribution in [0.2, 0.25) is 0 Å². The van der Waals surface area contributed by atoms with Gasteiger partial charge in [0.25, 0.3) is 0 Å². The molecule has 0 aromatic heterocycles. The number of carbonyl (C=O) groups is 2. The van der Waals surface area contributed by atoms with Crippen molar-refractivity contribution in [3.8, 4) is 0 Å². The minimum atomic E-state index is -0.287. The Balaban J connectivity index is 1.63. The molecule has 0 unspecified atom stereocenters. The molecular formula is C17H25N3O2. The third kappa shape index (κ3) is 5.39. The summed E-state index contributed by atoms with van der Waals surface area (Å²) < 4.78 is 0. The molecule has 0 bridgehead atoms. The second-order valence-electron chi connectivity index (χ2n) is 5.93. The molecule has 0 aliphatic heterocycles. The number of nitrogens with one attached hydrogen (secondary N) is 3. The van der Waals surface area contributed by atoms with Crippen molar-refractivity contribution in [3.05, 3.63) is 30.3 Å². The van der Waals surface area contributed by atoms with Crippen molar-refractivity contribution in [2.24, 2.45) is 5.92 Å². The molecule has 0 saturated heterocycles. The van der Waals surface area contributed by atoms with Gasteiger partial charge in [-0.3, -0.25) is 4.79 Å². The van der Waals surface area contributed by atoms with Gasteiger partial charge in [0.2, 0.25) is 5.91 Å². The fourth-order valence-corrected chi connectivity index (χ4v) is 2.80. The summed E-state index contributed by atoms with van der Waals surface area (Å²) in [5.41, 5.74) is 0.737. The van der Waals surface area contributed by atoms with E-state index in [-0.39, 0.29) is 11.9 Å². The first-order valence-electron chi connectivity index (χ1n) is 8.04. The number of amides is 3. The van der Waals surface area contributed by atoms with Crippen molar-refractivity contribution in [1.82, 2.24) is 10.6 Å². The third-order valence-electron chi connectivity index (χ3n) is 4.13. The van der Waals surface area contributed by atoms with Crippen LogP contribution in [0.5, 0.6) is 0 Å². The van der Waals surface area contributed by atoms with Crippen molar-refractivity contribution in [3.63, 3.8) is 0 Å². The maximum atomic E-state index is 11.9. The highest BCUT2D eigenvalue weighted by Gasteiger charge is 2.22. The van der Waals surface area contributed by atoms with Crippen LogP contribution in [0.4, 0.5) is 10.5 Å². The molecule has 1 fully saturated rings. The zero-order valence-corrected chi connectivity index (χ0v) is 13.1. The van der Waals surface area contributed by atoms with Crippen LogP contribution < -0.4 is 16.0 Å². The van der Waals surface area contributed by atoms with Gasteiger partial charge in [-0.05, 0) is 30.9 Å². The minimum Gasteiger partial charge on any atom is -0.353 e. The van der Waals surface area contributed by atoms with Crippen LogP contribution in [-0.4, -0.2) is 24.5 Å². The molecular weight excluding hydrogens is 278 g/mol. The lowest BCUT2D eigenvalue weighted by Gasteiger charge is -2.29. The second-order valence-corrected chi connectivity index (χ2v) is 5.93. The summed E-state index contributed by atoms with van der Waals surface area (Å²) in [6.07, 6.45) is 5.00. The lowest BCUT2D eigenvalue weighted by molar-refractivity contribution is -0.122. The van der Waals surface area contributed by atoms with Gasteiger partial charge in [0.05, 0.1) is 0 Å². The lowest BCUT2D eigenvalue weighted by Crippen LogP contribution is -2.42. The van der Waals surface area contributed by atoms with Crippen LogP contribution in [0.25, 0.3) is 0 Å². The van der Waals surface area contributed by atoms with E-state index >= 15 is 0 Å². The molecule has 1 saturated carbocycles. The highest BCUT2D eigenvalue weighted by Crippen LogP contribution is 2.23. The highest BCUT2D eigenvalue weighted by atomic mass is 16.2. The summed E-state index contributed by atoms with van der Waals surface area (Å²) in [7, 11) is 0. The Morgan fingerprint density at radius 3 is 2.59 bits per heavy atom. The summed E-state index contributed by atoms with van der Waals surface area (Å²) in [4.78, 5) is 23.6. The SMILES string of the molecule is C[C@H]1CCCC[C@H]1NC(=O)CCNC(=O)Nc1ccccc1. The van der Waals surface area contributed by atoms with Crippen LogP contribution in [0.1, 0.15) is 39.0 Å².